The van der Waals surface area contributed by atoms with E-state index in [9.17, 15) is 9.59 Å². The number of hydrogen-bond acceptors (Lipinski definition) is 5. The summed E-state index contributed by atoms with van der Waals surface area (Å²) in [5, 5.41) is 0. The van der Waals surface area contributed by atoms with E-state index in [0.29, 0.717) is 11.3 Å². The molecule has 1 unspecified atom stereocenters. The molecule has 16 heavy (non-hydrogen) atoms. The predicted octanol–water partition coefficient (Wildman–Crippen LogP) is 1.23. The van der Waals surface area contributed by atoms with E-state index in [1.807, 2.05) is 0 Å². The minimum atomic E-state index is -1.27. The summed E-state index contributed by atoms with van der Waals surface area (Å²) in [6.45, 7) is 4.89. The lowest BCUT2D eigenvalue weighted by molar-refractivity contribution is -0.177. The van der Waals surface area contributed by atoms with Gasteiger partial charge in [0.05, 0.1) is 18.4 Å². The zero-order chi connectivity index (χ0) is 12.3. The van der Waals surface area contributed by atoms with Crippen molar-refractivity contribution in [3.8, 4) is 0 Å². The van der Waals surface area contributed by atoms with Gasteiger partial charge < -0.3 is 9.47 Å². The van der Waals surface area contributed by atoms with Gasteiger partial charge in [-0.15, -0.1) is 0 Å². The van der Waals surface area contributed by atoms with Crippen molar-refractivity contribution < 1.29 is 19.1 Å². The third-order valence-corrected chi connectivity index (χ3v) is 2.46. The summed E-state index contributed by atoms with van der Waals surface area (Å²) in [5.74, 6) is -1.10. The molecule has 88 valence electrons. The molecule has 0 aromatic carbocycles. The van der Waals surface area contributed by atoms with Crippen molar-refractivity contribution >= 4 is 18.2 Å². The number of methoxy groups -OCH3 is 1. The summed E-state index contributed by atoms with van der Waals surface area (Å²) in [7, 11) is 1.26. The number of nitrogens with zero attached hydrogens (tertiary/aromatic N) is 1. The Morgan fingerprint density at radius 2 is 2.25 bits per heavy atom. The van der Waals surface area contributed by atoms with Crippen LogP contribution < -0.4 is 0 Å². The maximum atomic E-state index is 11.6. The summed E-state index contributed by atoms with van der Waals surface area (Å²) in [6, 6.07) is 0. The number of cyclic esters (lactones) is 1. The third-order valence-electron chi connectivity index (χ3n) is 2.46. The van der Waals surface area contributed by atoms with Crippen molar-refractivity contribution in [2.75, 3.05) is 7.11 Å². The maximum Gasteiger partial charge on any atom is 0.350 e. The molecule has 0 aromatic rings. The fourth-order valence-electron chi connectivity index (χ4n) is 1.52. The minimum absolute atomic E-state index is 0.238. The molecule has 1 atom stereocenters. The molecule has 5 nitrogen and oxygen atoms in total. The van der Waals surface area contributed by atoms with Gasteiger partial charge in [0, 0.05) is 12.6 Å². The molecule has 0 amide bonds. The van der Waals surface area contributed by atoms with E-state index in [4.69, 9.17) is 4.74 Å². The van der Waals surface area contributed by atoms with Gasteiger partial charge in [0.2, 0.25) is 5.60 Å². The average molecular weight is 225 g/mol. The molecular formula is C11H15NO4. The SMILES string of the molecule is C/C=N\C1=C(C)C(=O)OC(C)(C(=O)OC)C1. The first-order valence-corrected chi connectivity index (χ1v) is 4.95. The van der Waals surface area contributed by atoms with Crippen LogP contribution in [0.15, 0.2) is 16.3 Å². The van der Waals surface area contributed by atoms with Crippen molar-refractivity contribution in [2.45, 2.75) is 32.8 Å². The van der Waals surface area contributed by atoms with Gasteiger partial charge in [-0.3, -0.25) is 4.99 Å². The van der Waals surface area contributed by atoms with Crippen molar-refractivity contribution in [1.29, 1.82) is 0 Å². The smallest absolute Gasteiger partial charge is 0.350 e. The Morgan fingerprint density at radius 1 is 1.62 bits per heavy atom. The molecule has 0 aromatic heterocycles. The zero-order valence-electron chi connectivity index (χ0n) is 9.86. The van der Waals surface area contributed by atoms with Gasteiger partial charge in [-0.25, -0.2) is 9.59 Å². The summed E-state index contributed by atoms with van der Waals surface area (Å²) in [5.41, 5.74) is -0.279. The van der Waals surface area contributed by atoms with Crippen LogP contribution in [-0.2, 0) is 19.1 Å². The topological polar surface area (TPSA) is 65.0 Å². The Morgan fingerprint density at radius 3 is 2.75 bits per heavy atom. The van der Waals surface area contributed by atoms with Gasteiger partial charge in [-0.2, -0.15) is 0 Å². The number of rotatable bonds is 2. The van der Waals surface area contributed by atoms with Crippen LogP contribution in [0, 0.1) is 0 Å². The average Bonchev–Trinajstić information content (AvgIpc) is 2.24. The number of hydrogen-bond donors (Lipinski definition) is 0. The second kappa shape index (κ2) is 4.47. The largest absolute Gasteiger partial charge is 0.466 e. The van der Waals surface area contributed by atoms with E-state index >= 15 is 0 Å². The van der Waals surface area contributed by atoms with Gasteiger partial charge in [-0.05, 0) is 20.8 Å². The van der Waals surface area contributed by atoms with Crippen molar-refractivity contribution in [3.63, 3.8) is 0 Å². The monoisotopic (exact) mass is 225 g/mol. The van der Waals surface area contributed by atoms with E-state index in [1.54, 1.807) is 20.1 Å². The molecule has 0 bridgehead atoms. The lowest BCUT2D eigenvalue weighted by Gasteiger charge is -2.31. The molecule has 1 heterocycles. The van der Waals surface area contributed by atoms with E-state index in [-0.39, 0.29) is 6.42 Å². The molecule has 0 fully saturated rings. The Hall–Kier alpha value is -1.65. The van der Waals surface area contributed by atoms with Gasteiger partial charge in [0.25, 0.3) is 0 Å². The summed E-state index contributed by atoms with van der Waals surface area (Å²) < 4.78 is 9.68. The Kier molecular flexibility index (Phi) is 3.47. The van der Waals surface area contributed by atoms with Crippen LogP contribution in [0.1, 0.15) is 27.2 Å². The highest BCUT2D eigenvalue weighted by Gasteiger charge is 2.43. The Labute approximate surface area is 94.1 Å². The number of carbonyl (C=O) groups is 2. The lowest BCUT2D eigenvalue weighted by atomic mass is 9.95. The Bertz CT molecular complexity index is 383. The zero-order valence-corrected chi connectivity index (χ0v) is 9.86. The van der Waals surface area contributed by atoms with Crippen LogP contribution in [0.25, 0.3) is 0 Å². The van der Waals surface area contributed by atoms with Crippen LogP contribution in [0.5, 0.6) is 0 Å². The minimum Gasteiger partial charge on any atom is -0.466 e. The fraction of sp³-hybridized carbons (Fsp3) is 0.545. The third kappa shape index (κ3) is 2.13. The number of aliphatic imine (C=N–C) groups is 1. The van der Waals surface area contributed by atoms with E-state index in [2.05, 4.69) is 9.73 Å². The molecule has 0 aliphatic carbocycles. The summed E-state index contributed by atoms with van der Waals surface area (Å²) in [6.07, 6.45) is 1.82. The molecule has 0 radical (unpaired) electrons. The van der Waals surface area contributed by atoms with Crippen LogP contribution in [0.2, 0.25) is 0 Å². The molecular weight excluding hydrogens is 210 g/mol. The number of ether oxygens (including phenoxy) is 2. The number of carbonyl (C=O) groups excluding carboxylic acids is 2. The molecule has 0 N–H and O–H groups in total. The van der Waals surface area contributed by atoms with Gasteiger partial charge in [0.1, 0.15) is 0 Å². The second-order valence-corrected chi connectivity index (χ2v) is 3.75. The summed E-state index contributed by atoms with van der Waals surface area (Å²) in [4.78, 5) is 27.1. The lowest BCUT2D eigenvalue weighted by Crippen LogP contribution is -2.44. The fourth-order valence-corrected chi connectivity index (χ4v) is 1.52. The quantitative estimate of drug-likeness (QED) is 0.523. The molecule has 1 rings (SSSR count). The normalized spacial score (nSPS) is 25.9. The van der Waals surface area contributed by atoms with Gasteiger partial charge >= 0.3 is 11.9 Å². The van der Waals surface area contributed by atoms with Crippen LogP contribution in [-0.4, -0.2) is 30.9 Å². The van der Waals surface area contributed by atoms with Crippen LogP contribution >= 0.6 is 0 Å². The maximum absolute atomic E-state index is 11.6. The second-order valence-electron chi connectivity index (χ2n) is 3.75. The molecule has 1 aliphatic heterocycles. The number of esters is 2. The molecule has 0 saturated heterocycles. The van der Waals surface area contributed by atoms with Crippen LogP contribution in [0.3, 0.4) is 0 Å². The van der Waals surface area contributed by atoms with E-state index in [0.717, 1.165) is 0 Å². The molecule has 1 aliphatic rings. The first kappa shape index (κ1) is 12.4. The highest BCUT2D eigenvalue weighted by atomic mass is 16.6. The van der Waals surface area contributed by atoms with Gasteiger partial charge in [-0.1, -0.05) is 0 Å². The van der Waals surface area contributed by atoms with Crippen molar-refractivity contribution in [1.82, 2.24) is 0 Å². The highest BCUT2D eigenvalue weighted by Crippen LogP contribution is 2.31. The van der Waals surface area contributed by atoms with Crippen molar-refractivity contribution in [3.05, 3.63) is 11.3 Å². The van der Waals surface area contributed by atoms with Crippen LogP contribution in [0.4, 0.5) is 0 Å². The van der Waals surface area contributed by atoms with E-state index in [1.165, 1.54) is 14.0 Å². The van der Waals surface area contributed by atoms with Gasteiger partial charge in [0.15, 0.2) is 0 Å². The molecule has 5 heteroatoms. The first-order valence-electron chi connectivity index (χ1n) is 4.95. The van der Waals surface area contributed by atoms with Crippen molar-refractivity contribution in [2.24, 2.45) is 4.99 Å². The standard InChI is InChI=1S/C11H15NO4/c1-5-12-8-6-11(3,10(14)15-4)16-9(13)7(8)2/h5H,6H2,1-4H3/b12-5-. The Balaban J connectivity index is 3.09. The summed E-state index contributed by atoms with van der Waals surface area (Å²) >= 11 is 0. The molecule has 0 saturated carbocycles. The molecule has 0 spiro atoms. The predicted molar refractivity (Wildman–Crippen MR) is 58.0 cm³/mol. The highest BCUT2D eigenvalue weighted by molar-refractivity contribution is 5.94. The first-order chi connectivity index (χ1) is 7.44. The van der Waals surface area contributed by atoms with E-state index < -0.39 is 17.5 Å².